The molecule has 172 valence electrons. The van der Waals surface area contributed by atoms with E-state index in [1.807, 2.05) is 43.3 Å². The molecule has 2 atom stereocenters. The quantitative estimate of drug-likeness (QED) is 0.309. The highest BCUT2D eigenvalue weighted by Crippen LogP contribution is 2.41. The Morgan fingerprint density at radius 2 is 1.79 bits per heavy atom. The number of rotatable bonds is 5. The number of nitrogens with zero attached hydrogens (tertiary/aromatic N) is 1. The van der Waals surface area contributed by atoms with Crippen molar-refractivity contribution >= 4 is 29.1 Å². The van der Waals surface area contributed by atoms with Crippen LogP contribution in [0.25, 0.3) is 5.76 Å². The first-order chi connectivity index (χ1) is 16.4. The van der Waals surface area contributed by atoms with Crippen LogP contribution in [0.4, 0.5) is 0 Å². The van der Waals surface area contributed by atoms with Gasteiger partial charge in [0.15, 0.2) is 0 Å². The number of aliphatic hydroxyl groups is 1. The average Bonchev–Trinajstić information content (AvgIpc) is 3.34. The lowest BCUT2D eigenvalue weighted by molar-refractivity contribution is -0.139. The van der Waals surface area contributed by atoms with Crippen molar-refractivity contribution in [3.05, 3.63) is 106 Å². The first kappa shape index (κ1) is 22.2. The molecule has 0 bridgehead atoms. The first-order valence-corrected chi connectivity index (χ1v) is 11.7. The van der Waals surface area contributed by atoms with Crippen LogP contribution in [0.5, 0.6) is 5.75 Å². The third-order valence-electron chi connectivity index (χ3n) is 6.38. The fourth-order valence-electron chi connectivity index (χ4n) is 4.72. The third kappa shape index (κ3) is 4.08. The van der Waals surface area contributed by atoms with Crippen LogP contribution in [-0.2, 0) is 22.4 Å². The number of carbonyl (C=O) groups is 2. The van der Waals surface area contributed by atoms with Crippen LogP contribution in [0.2, 0.25) is 5.02 Å². The topological polar surface area (TPSA) is 66.8 Å². The van der Waals surface area contributed by atoms with Crippen LogP contribution in [-0.4, -0.2) is 34.3 Å². The maximum Gasteiger partial charge on any atom is 0.295 e. The maximum absolute atomic E-state index is 13.2. The molecule has 1 amide bonds. The van der Waals surface area contributed by atoms with Crippen LogP contribution in [0.1, 0.15) is 35.2 Å². The summed E-state index contributed by atoms with van der Waals surface area (Å²) in [5.74, 6) is -0.698. The van der Waals surface area contributed by atoms with Gasteiger partial charge in [0, 0.05) is 23.6 Å². The molecule has 1 saturated heterocycles. The number of aliphatic hydroxyl groups excluding tert-OH is 1. The van der Waals surface area contributed by atoms with Gasteiger partial charge < -0.3 is 14.7 Å². The molecule has 2 aliphatic heterocycles. The summed E-state index contributed by atoms with van der Waals surface area (Å²) in [6.45, 7) is 2.33. The predicted molar refractivity (Wildman–Crippen MR) is 131 cm³/mol. The van der Waals surface area contributed by atoms with E-state index in [-0.39, 0.29) is 17.4 Å². The van der Waals surface area contributed by atoms with Gasteiger partial charge in [0.25, 0.3) is 11.7 Å². The monoisotopic (exact) mass is 473 g/mol. The summed E-state index contributed by atoms with van der Waals surface area (Å²) in [6, 6.07) is 21.5. The zero-order valence-corrected chi connectivity index (χ0v) is 19.5. The Labute approximate surface area is 203 Å². The number of likely N-dealkylation sites (tertiary alicyclic amines) is 1. The number of benzene rings is 3. The molecule has 0 radical (unpaired) electrons. The second-order valence-corrected chi connectivity index (χ2v) is 9.17. The van der Waals surface area contributed by atoms with Gasteiger partial charge in [0.2, 0.25) is 0 Å². The summed E-state index contributed by atoms with van der Waals surface area (Å²) >= 11 is 6.09. The molecule has 5 nitrogen and oxygen atoms in total. The standard InChI is InChI=1S/C28H24ClNO4/c1-17-15-21-16-20(9-12-23(21)34-17)26(31)24-25(19-7-10-22(29)11-8-19)30(28(33)27(24)32)14-13-18-5-3-2-4-6-18/h2-12,16-17,25,31H,13-15H2,1H3/b26-24+/t17-,25-/m1/s1. The van der Waals surface area contributed by atoms with E-state index in [9.17, 15) is 14.7 Å². The lowest BCUT2D eigenvalue weighted by Crippen LogP contribution is -2.31. The number of amides is 1. The Hall–Kier alpha value is -3.57. The van der Waals surface area contributed by atoms with Crippen LogP contribution in [0.3, 0.4) is 0 Å². The van der Waals surface area contributed by atoms with Gasteiger partial charge in [-0.1, -0.05) is 54.1 Å². The van der Waals surface area contributed by atoms with Gasteiger partial charge in [-0.25, -0.2) is 0 Å². The normalized spacial score (nSPS) is 20.9. The van der Waals surface area contributed by atoms with Crippen molar-refractivity contribution in [1.29, 1.82) is 0 Å². The largest absolute Gasteiger partial charge is 0.507 e. The third-order valence-corrected chi connectivity index (χ3v) is 6.63. The SMILES string of the molecule is C[C@@H]1Cc2cc(/C(O)=C3\C(=O)C(=O)N(CCc4ccccc4)[C@@H]3c3ccc(Cl)cc3)ccc2O1. The fourth-order valence-corrected chi connectivity index (χ4v) is 4.85. The second kappa shape index (κ2) is 8.99. The van der Waals surface area contributed by atoms with E-state index in [2.05, 4.69) is 0 Å². The summed E-state index contributed by atoms with van der Waals surface area (Å²) in [5, 5.41) is 11.9. The van der Waals surface area contributed by atoms with Gasteiger partial charge in [-0.3, -0.25) is 9.59 Å². The molecule has 3 aromatic rings. The number of fused-ring (bicyclic) bond motifs is 1. The van der Waals surface area contributed by atoms with E-state index >= 15 is 0 Å². The molecule has 0 saturated carbocycles. The Kier molecular flexibility index (Phi) is 5.88. The number of ketones is 1. The van der Waals surface area contributed by atoms with E-state index in [4.69, 9.17) is 16.3 Å². The molecule has 2 heterocycles. The number of hydrogen-bond donors (Lipinski definition) is 1. The Balaban J connectivity index is 1.57. The summed E-state index contributed by atoms with van der Waals surface area (Å²) in [4.78, 5) is 27.9. The van der Waals surface area contributed by atoms with Crippen molar-refractivity contribution in [3.8, 4) is 5.75 Å². The Morgan fingerprint density at radius 3 is 2.53 bits per heavy atom. The molecule has 0 aliphatic carbocycles. The number of Topliss-reactive ketones (excluding diaryl/α,β-unsaturated/α-hetero) is 1. The minimum Gasteiger partial charge on any atom is -0.507 e. The van der Waals surface area contributed by atoms with Crippen LogP contribution < -0.4 is 4.74 Å². The molecule has 2 aliphatic rings. The smallest absolute Gasteiger partial charge is 0.295 e. The molecular weight excluding hydrogens is 450 g/mol. The second-order valence-electron chi connectivity index (χ2n) is 8.73. The Bertz CT molecular complexity index is 1280. The van der Waals surface area contributed by atoms with E-state index in [1.165, 1.54) is 0 Å². The van der Waals surface area contributed by atoms with Crippen LogP contribution in [0.15, 0.2) is 78.4 Å². The summed E-state index contributed by atoms with van der Waals surface area (Å²) in [7, 11) is 0. The molecular formula is C28H24ClNO4. The first-order valence-electron chi connectivity index (χ1n) is 11.3. The molecule has 0 aromatic heterocycles. The predicted octanol–water partition coefficient (Wildman–Crippen LogP) is 5.33. The molecule has 6 heteroatoms. The van der Waals surface area contributed by atoms with Crippen molar-refractivity contribution in [1.82, 2.24) is 4.90 Å². The number of halogens is 1. The van der Waals surface area contributed by atoms with Crippen LogP contribution in [0, 0.1) is 0 Å². The van der Waals surface area contributed by atoms with Gasteiger partial charge in [-0.05, 0) is 60.4 Å². The summed E-state index contributed by atoms with van der Waals surface area (Å²) < 4.78 is 5.76. The zero-order chi connectivity index (χ0) is 23.8. The molecule has 0 unspecified atom stereocenters. The van der Waals surface area contributed by atoms with Gasteiger partial charge in [-0.15, -0.1) is 0 Å². The molecule has 1 N–H and O–H groups in total. The summed E-state index contributed by atoms with van der Waals surface area (Å²) in [6.07, 6.45) is 1.37. The van der Waals surface area contributed by atoms with Crippen molar-refractivity contribution in [2.45, 2.75) is 31.9 Å². The fraction of sp³-hybridized carbons (Fsp3) is 0.214. The number of ether oxygens (including phenoxy) is 1. The number of hydrogen-bond acceptors (Lipinski definition) is 4. The van der Waals surface area contributed by atoms with E-state index in [0.717, 1.165) is 28.9 Å². The van der Waals surface area contributed by atoms with Crippen molar-refractivity contribution in [3.63, 3.8) is 0 Å². The van der Waals surface area contributed by atoms with E-state index in [0.29, 0.717) is 23.6 Å². The van der Waals surface area contributed by atoms with Gasteiger partial charge in [-0.2, -0.15) is 0 Å². The van der Waals surface area contributed by atoms with E-state index in [1.54, 1.807) is 41.3 Å². The molecule has 34 heavy (non-hydrogen) atoms. The van der Waals surface area contributed by atoms with Gasteiger partial charge >= 0.3 is 0 Å². The van der Waals surface area contributed by atoms with Crippen molar-refractivity contribution in [2.24, 2.45) is 0 Å². The summed E-state index contributed by atoms with van der Waals surface area (Å²) in [5.41, 5.74) is 3.34. The molecule has 0 spiro atoms. The lowest BCUT2D eigenvalue weighted by Gasteiger charge is -2.25. The minimum absolute atomic E-state index is 0.0602. The molecule has 3 aromatic carbocycles. The Morgan fingerprint density at radius 1 is 1.06 bits per heavy atom. The molecule has 1 fully saturated rings. The van der Waals surface area contributed by atoms with Crippen molar-refractivity contribution < 1.29 is 19.4 Å². The van der Waals surface area contributed by atoms with Gasteiger partial charge in [0.05, 0.1) is 11.6 Å². The van der Waals surface area contributed by atoms with Crippen molar-refractivity contribution in [2.75, 3.05) is 6.54 Å². The lowest BCUT2D eigenvalue weighted by atomic mass is 9.94. The average molecular weight is 474 g/mol. The minimum atomic E-state index is -0.704. The zero-order valence-electron chi connectivity index (χ0n) is 18.7. The van der Waals surface area contributed by atoms with E-state index < -0.39 is 17.7 Å². The van der Waals surface area contributed by atoms with Crippen LogP contribution >= 0.6 is 11.6 Å². The highest BCUT2D eigenvalue weighted by Gasteiger charge is 2.45. The van der Waals surface area contributed by atoms with Gasteiger partial charge in [0.1, 0.15) is 17.6 Å². The highest BCUT2D eigenvalue weighted by atomic mass is 35.5. The number of carbonyl (C=O) groups excluding carboxylic acids is 2. The highest BCUT2D eigenvalue weighted by molar-refractivity contribution is 6.46. The maximum atomic E-state index is 13.2. The molecule has 5 rings (SSSR count).